The fourth-order valence-corrected chi connectivity index (χ4v) is 4.07. The zero-order valence-electron chi connectivity index (χ0n) is 16.1. The van der Waals surface area contributed by atoms with Gasteiger partial charge < -0.3 is 10.1 Å². The van der Waals surface area contributed by atoms with E-state index in [2.05, 4.69) is 15.0 Å². The third-order valence-electron chi connectivity index (χ3n) is 4.55. The van der Waals surface area contributed by atoms with Gasteiger partial charge in [-0.15, -0.1) is 11.3 Å². The maximum absolute atomic E-state index is 12.8. The number of aromatic nitrogens is 2. The first-order valence-corrected chi connectivity index (χ1v) is 10.2. The smallest absolute Gasteiger partial charge is 0.387 e. The number of ether oxygens (including phenoxy) is 1. The highest BCUT2D eigenvalue weighted by molar-refractivity contribution is 7.17. The Bertz CT molecular complexity index is 1270. The Kier molecular flexibility index (Phi) is 6.03. The summed E-state index contributed by atoms with van der Waals surface area (Å²) in [6, 6.07) is 15.9. The molecule has 158 valence electrons. The van der Waals surface area contributed by atoms with E-state index in [1.807, 2.05) is 30.3 Å². The van der Waals surface area contributed by atoms with Crippen molar-refractivity contribution in [1.29, 1.82) is 0 Å². The van der Waals surface area contributed by atoms with Crippen molar-refractivity contribution in [1.82, 2.24) is 14.7 Å². The lowest BCUT2D eigenvalue weighted by atomic mass is 10.1. The van der Waals surface area contributed by atoms with Crippen LogP contribution < -0.4 is 15.6 Å². The van der Waals surface area contributed by atoms with Crippen molar-refractivity contribution in [3.05, 3.63) is 98.9 Å². The molecule has 0 aliphatic carbocycles. The van der Waals surface area contributed by atoms with E-state index in [0.29, 0.717) is 16.9 Å². The van der Waals surface area contributed by atoms with Crippen molar-refractivity contribution in [2.24, 2.45) is 0 Å². The van der Waals surface area contributed by atoms with Gasteiger partial charge in [0.1, 0.15) is 11.3 Å². The molecule has 0 saturated carbocycles. The zero-order chi connectivity index (χ0) is 21.8. The first kappa shape index (κ1) is 20.7. The van der Waals surface area contributed by atoms with E-state index in [9.17, 15) is 18.4 Å². The molecule has 0 aliphatic rings. The summed E-state index contributed by atoms with van der Waals surface area (Å²) in [5, 5.41) is 2.57. The van der Waals surface area contributed by atoms with E-state index in [4.69, 9.17) is 0 Å². The van der Waals surface area contributed by atoms with Gasteiger partial charge in [0.05, 0.1) is 0 Å². The third kappa shape index (κ3) is 4.77. The summed E-state index contributed by atoms with van der Waals surface area (Å²) < 4.78 is 30.9. The molecule has 2 aromatic carbocycles. The Hall–Kier alpha value is -3.59. The lowest BCUT2D eigenvalue weighted by Gasteiger charge is -2.11. The topological polar surface area (TPSA) is 72.7 Å². The number of alkyl halides is 2. The van der Waals surface area contributed by atoms with Crippen LogP contribution in [0.2, 0.25) is 0 Å². The van der Waals surface area contributed by atoms with Crippen LogP contribution >= 0.6 is 11.3 Å². The monoisotopic (exact) mass is 441 g/mol. The van der Waals surface area contributed by atoms with Gasteiger partial charge in [-0.05, 0) is 11.6 Å². The van der Waals surface area contributed by atoms with E-state index in [1.54, 1.807) is 24.4 Å². The predicted octanol–water partition coefficient (Wildman–Crippen LogP) is 3.88. The second-order valence-corrected chi connectivity index (χ2v) is 7.75. The molecule has 9 heteroatoms. The Labute approximate surface area is 179 Å². The van der Waals surface area contributed by atoms with Crippen molar-refractivity contribution >= 4 is 22.2 Å². The van der Waals surface area contributed by atoms with Crippen LogP contribution in [0, 0.1) is 0 Å². The number of hydrogen-bond donors (Lipinski definition) is 1. The van der Waals surface area contributed by atoms with Gasteiger partial charge in [-0.3, -0.25) is 14.0 Å². The molecule has 0 aliphatic heterocycles. The number of thiazole rings is 1. The normalized spacial score (nSPS) is 11.1. The summed E-state index contributed by atoms with van der Waals surface area (Å²) in [4.78, 5) is 31.0. The average molecular weight is 441 g/mol. The average Bonchev–Trinajstić information content (AvgIpc) is 3.17. The summed E-state index contributed by atoms with van der Waals surface area (Å²) >= 11 is 1.38. The van der Waals surface area contributed by atoms with Gasteiger partial charge >= 0.3 is 6.61 Å². The summed E-state index contributed by atoms with van der Waals surface area (Å²) in [5.74, 6) is -0.680. The molecule has 0 bridgehead atoms. The van der Waals surface area contributed by atoms with Gasteiger partial charge in [-0.2, -0.15) is 8.78 Å². The lowest BCUT2D eigenvalue weighted by Crippen LogP contribution is -2.31. The minimum Gasteiger partial charge on any atom is -0.434 e. The summed E-state index contributed by atoms with van der Waals surface area (Å²) in [6.45, 7) is -3.05. The second-order valence-electron chi connectivity index (χ2n) is 6.66. The predicted molar refractivity (Wildman–Crippen MR) is 113 cm³/mol. The van der Waals surface area contributed by atoms with E-state index in [-0.39, 0.29) is 17.9 Å². The van der Waals surface area contributed by atoms with Crippen LogP contribution in [-0.2, 0) is 13.0 Å². The second kappa shape index (κ2) is 9.05. The van der Waals surface area contributed by atoms with Gasteiger partial charge in [-0.1, -0.05) is 48.5 Å². The summed E-state index contributed by atoms with van der Waals surface area (Å²) in [5.41, 5.74) is 0.847. The first-order valence-electron chi connectivity index (χ1n) is 9.36. The molecule has 1 amide bonds. The molecule has 0 fully saturated rings. The molecule has 4 rings (SSSR count). The molecule has 0 spiro atoms. The quantitative estimate of drug-likeness (QED) is 0.473. The van der Waals surface area contributed by atoms with Gasteiger partial charge in [0.25, 0.3) is 11.5 Å². The molecule has 6 nitrogen and oxygen atoms in total. The standard InChI is InChI=1S/C22H17F2N3O3S/c23-21(24)30-18-9-5-4-8-15(18)11-25-19(28)17-12-26-22-27(20(17)29)13-16(31-22)10-14-6-2-1-3-7-14/h1-9,12-13,21H,10-11H2,(H,25,28). The van der Waals surface area contributed by atoms with Crippen LogP contribution in [0.15, 0.2) is 71.8 Å². The zero-order valence-corrected chi connectivity index (χ0v) is 16.9. The van der Waals surface area contributed by atoms with Crippen molar-refractivity contribution in [3.63, 3.8) is 0 Å². The molecule has 31 heavy (non-hydrogen) atoms. The number of para-hydroxylation sites is 1. The number of fused-ring (bicyclic) bond motifs is 1. The maximum atomic E-state index is 12.8. The van der Waals surface area contributed by atoms with Crippen LogP contribution in [-0.4, -0.2) is 21.9 Å². The Balaban J connectivity index is 1.52. The van der Waals surface area contributed by atoms with Crippen LogP contribution in [0.25, 0.3) is 4.96 Å². The third-order valence-corrected chi connectivity index (χ3v) is 5.55. The molecule has 0 radical (unpaired) electrons. The minimum absolute atomic E-state index is 0.0357. The van der Waals surface area contributed by atoms with Crippen LogP contribution in [0.5, 0.6) is 5.75 Å². The molecular formula is C22H17F2N3O3S. The Morgan fingerprint density at radius 1 is 1.13 bits per heavy atom. The number of carbonyl (C=O) groups excluding carboxylic acids is 1. The molecule has 1 N–H and O–H groups in total. The van der Waals surface area contributed by atoms with Gasteiger partial charge in [-0.25, -0.2) is 4.98 Å². The fourth-order valence-electron chi connectivity index (χ4n) is 3.10. The number of benzene rings is 2. The number of nitrogens with zero attached hydrogens (tertiary/aromatic N) is 2. The van der Waals surface area contributed by atoms with Gasteiger partial charge in [0.2, 0.25) is 0 Å². The highest BCUT2D eigenvalue weighted by Gasteiger charge is 2.16. The molecule has 4 aromatic rings. The van der Waals surface area contributed by atoms with Crippen molar-refractivity contribution in [3.8, 4) is 5.75 Å². The fraction of sp³-hybridized carbons (Fsp3) is 0.136. The largest absolute Gasteiger partial charge is 0.434 e. The molecule has 0 atom stereocenters. The van der Waals surface area contributed by atoms with Gasteiger partial charge in [0, 0.05) is 35.8 Å². The minimum atomic E-state index is -2.98. The van der Waals surface area contributed by atoms with E-state index in [1.165, 1.54) is 28.0 Å². The highest BCUT2D eigenvalue weighted by Crippen LogP contribution is 2.21. The number of amides is 1. The first-order chi connectivity index (χ1) is 15.0. The van der Waals surface area contributed by atoms with Crippen molar-refractivity contribution < 1.29 is 18.3 Å². The number of hydrogen-bond acceptors (Lipinski definition) is 5. The van der Waals surface area contributed by atoms with E-state index >= 15 is 0 Å². The number of halogens is 2. The van der Waals surface area contributed by atoms with E-state index in [0.717, 1.165) is 10.4 Å². The van der Waals surface area contributed by atoms with Crippen molar-refractivity contribution in [2.45, 2.75) is 19.6 Å². The molecule has 2 heterocycles. The summed E-state index contributed by atoms with van der Waals surface area (Å²) in [6.07, 6.45) is 3.57. The number of nitrogens with one attached hydrogen (secondary N) is 1. The van der Waals surface area contributed by atoms with Crippen molar-refractivity contribution in [2.75, 3.05) is 0 Å². The van der Waals surface area contributed by atoms with E-state index < -0.39 is 18.1 Å². The molecule has 0 saturated heterocycles. The lowest BCUT2D eigenvalue weighted by molar-refractivity contribution is -0.0504. The maximum Gasteiger partial charge on any atom is 0.387 e. The Morgan fingerprint density at radius 2 is 1.87 bits per heavy atom. The highest BCUT2D eigenvalue weighted by atomic mass is 32.1. The SMILES string of the molecule is O=C(NCc1ccccc1OC(F)F)c1cnc2sc(Cc3ccccc3)cn2c1=O. The Morgan fingerprint density at radius 3 is 2.65 bits per heavy atom. The van der Waals surface area contributed by atoms with Crippen LogP contribution in [0.1, 0.15) is 26.4 Å². The molecular weight excluding hydrogens is 424 g/mol. The van der Waals surface area contributed by atoms with Crippen LogP contribution in [0.4, 0.5) is 8.78 Å². The summed E-state index contributed by atoms with van der Waals surface area (Å²) in [7, 11) is 0. The number of rotatable bonds is 7. The molecule has 0 unspecified atom stereocenters. The molecule has 2 aromatic heterocycles. The van der Waals surface area contributed by atoms with Crippen LogP contribution in [0.3, 0.4) is 0 Å². The van der Waals surface area contributed by atoms with Gasteiger partial charge in [0.15, 0.2) is 4.96 Å². The number of carbonyl (C=O) groups is 1.